The molecule has 0 amide bonds. The van der Waals surface area contributed by atoms with Gasteiger partial charge in [-0.25, -0.2) is 4.98 Å². The first-order valence-corrected chi connectivity index (χ1v) is 6.27. The predicted molar refractivity (Wildman–Crippen MR) is 72.4 cm³/mol. The van der Waals surface area contributed by atoms with E-state index in [1.807, 2.05) is 36.5 Å². The van der Waals surface area contributed by atoms with Crippen LogP contribution in [0.1, 0.15) is 5.82 Å². The van der Waals surface area contributed by atoms with Crippen molar-refractivity contribution in [3.8, 4) is 0 Å². The van der Waals surface area contributed by atoms with Gasteiger partial charge in [0.25, 0.3) is 5.82 Å². The van der Waals surface area contributed by atoms with Crippen LogP contribution in [0.15, 0.2) is 28.7 Å². The van der Waals surface area contributed by atoms with Gasteiger partial charge < -0.3 is 21.6 Å². The Bertz CT molecular complexity index is 727. The zero-order chi connectivity index (χ0) is 13.2. The van der Waals surface area contributed by atoms with Gasteiger partial charge in [0.15, 0.2) is 0 Å². The number of ether oxygens (including phenoxy) is 1. The maximum Gasteiger partial charge on any atom is 0.272 e. The minimum Gasteiger partial charge on any atom is -1.00 e. The Kier molecular flexibility index (Phi) is 4.54. The highest BCUT2D eigenvalue weighted by atomic mass is 35.5. The number of rotatable bonds is 4. The van der Waals surface area contributed by atoms with E-state index in [1.165, 1.54) is 0 Å². The summed E-state index contributed by atoms with van der Waals surface area (Å²) in [5.41, 5.74) is 2.48. The van der Waals surface area contributed by atoms with Crippen LogP contribution in [0.25, 0.3) is 22.1 Å². The Balaban J connectivity index is 0.00000147. The quantitative estimate of drug-likeness (QED) is 0.597. The molecule has 20 heavy (non-hydrogen) atoms. The summed E-state index contributed by atoms with van der Waals surface area (Å²) in [5, 5.41) is 3.06. The van der Waals surface area contributed by atoms with Gasteiger partial charge >= 0.3 is 0 Å². The van der Waals surface area contributed by atoms with Crippen molar-refractivity contribution < 1.29 is 26.9 Å². The molecule has 0 saturated heterocycles. The summed E-state index contributed by atoms with van der Waals surface area (Å²) in [6.07, 6.45) is 0. The number of quaternary nitrogens is 1. The minimum absolute atomic E-state index is 0. The fraction of sp³-hybridized carbons (Fsp3) is 0.286. The first-order valence-electron chi connectivity index (χ1n) is 6.27. The van der Waals surface area contributed by atoms with Crippen molar-refractivity contribution in [1.82, 2.24) is 9.97 Å². The highest BCUT2D eigenvalue weighted by Crippen LogP contribution is 2.29. The number of aromatic nitrogens is 2. The van der Waals surface area contributed by atoms with Gasteiger partial charge in [-0.15, -0.1) is 0 Å². The number of aryl methyl sites for hydroxylation is 1. The number of halogens is 1. The lowest BCUT2D eigenvalue weighted by Gasteiger charge is -2.00. The van der Waals surface area contributed by atoms with E-state index in [-0.39, 0.29) is 12.4 Å². The Morgan fingerprint density at radius 2 is 2.05 bits per heavy atom. The second-order valence-corrected chi connectivity index (χ2v) is 4.42. The lowest BCUT2D eigenvalue weighted by atomic mass is 10.2. The van der Waals surface area contributed by atoms with Crippen LogP contribution in [0.3, 0.4) is 0 Å². The summed E-state index contributed by atoms with van der Waals surface area (Å²) < 4.78 is 10.9. The van der Waals surface area contributed by atoms with Crippen LogP contribution in [0.5, 0.6) is 0 Å². The number of methoxy groups -OCH3 is 1. The molecule has 2 aromatic heterocycles. The van der Waals surface area contributed by atoms with Crippen LogP contribution in [0.2, 0.25) is 0 Å². The fourth-order valence-electron chi connectivity index (χ4n) is 2.18. The van der Waals surface area contributed by atoms with Gasteiger partial charge in [0, 0.05) is 12.5 Å². The highest BCUT2D eigenvalue weighted by Gasteiger charge is 2.16. The van der Waals surface area contributed by atoms with Crippen molar-refractivity contribution in [1.29, 1.82) is 0 Å². The van der Waals surface area contributed by atoms with Crippen LogP contribution in [-0.4, -0.2) is 30.2 Å². The molecule has 2 heterocycles. The number of nitrogens with two attached hydrogens (primary N) is 1. The lowest BCUT2D eigenvalue weighted by molar-refractivity contribution is -0.576. The highest BCUT2D eigenvalue weighted by molar-refractivity contribution is 6.04. The van der Waals surface area contributed by atoms with Gasteiger partial charge in [0.05, 0.1) is 6.61 Å². The summed E-state index contributed by atoms with van der Waals surface area (Å²) in [4.78, 5) is 8.95. The maximum atomic E-state index is 5.87. The molecule has 3 aromatic rings. The van der Waals surface area contributed by atoms with E-state index in [0.29, 0.717) is 6.61 Å². The molecular formula is C14H16ClN3O2. The van der Waals surface area contributed by atoms with Gasteiger partial charge in [-0.05, 0) is 19.1 Å². The monoisotopic (exact) mass is 293 g/mol. The summed E-state index contributed by atoms with van der Waals surface area (Å²) in [6.45, 7) is 3.37. The molecule has 0 radical (unpaired) electrons. The number of nitrogens with zero attached hydrogens (tertiary/aromatic N) is 2. The molecule has 0 aliphatic carbocycles. The number of benzene rings is 1. The third-order valence-electron chi connectivity index (χ3n) is 3.02. The van der Waals surface area contributed by atoms with E-state index >= 15 is 0 Å². The first-order chi connectivity index (χ1) is 9.29. The van der Waals surface area contributed by atoms with E-state index < -0.39 is 0 Å². The molecule has 0 spiro atoms. The normalized spacial score (nSPS) is 10.9. The van der Waals surface area contributed by atoms with Crippen LogP contribution in [0, 0.1) is 6.92 Å². The largest absolute Gasteiger partial charge is 1.00 e. The van der Waals surface area contributed by atoms with Crippen molar-refractivity contribution in [2.24, 2.45) is 0 Å². The Labute approximate surface area is 122 Å². The van der Waals surface area contributed by atoms with Crippen molar-refractivity contribution in [2.75, 3.05) is 20.3 Å². The molecule has 1 aromatic carbocycles. The van der Waals surface area contributed by atoms with Gasteiger partial charge in [-0.3, -0.25) is 5.32 Å². The molecule has 0 unspecified atom stereocenters. The fourth-order valence-corrected chi connectivity index (χ4v) is 2.18. The topological polar surface area (TPSA) is 64.8 Å². The Morgan fingerprint density at radius 1 is 1.25 bits per heavy atom. The smallest absolute Gasteiger partial charge is 0.272 e. The van der Waals surface area contributed by atoms with Crippen molar-refractivity contribution >= 4 is 27.9 Å². The van der Waals surface area contributed by atoms with E-state index in [9.17, 15) is 0 Å². The Hall–Kier alpha value is -1.69. The molecule has 3 rings (SSSR count). The first kappa shape index (κ1) is 14.7. The molecule has 0 aliphatic rings. The Morgan fingerprint density at radius 3 is 2.85 bits per heavy atom. The summed E-state index contributed by atoms with van der Waals surface area (Å²) in [5.74, 6) is 1.60. The number of hydrogen-bond donors (Lipinski definition) is 1. The molecule has 0 atom stereocenters. The number of hydrogen-bond acceptors (Lipinski definition) is 4. The van der Waals surface area contributed by atoms with Crippen LogP contribution >= 0.6 is 0 Å². The molecule has 0 aliphatic heterocycles. The molecule has 0 bridgehead atoms. The summed E-state index contributed by atoms with van der Waals surface area (Å²) >= 11 is 0. The molecular weight excluding hydrogens is 278 g/mol. The second kappa shape index (κ2) is 6.17. The zero-order valence-electron chi connectivity index (χ0n) is 11.4. The average molecular weight is 294 g/mol. The van der Waals surface area contributed by atoms with E-state index in [2.05, 4.69) is 9.97 Å². The number of fused-ring (bicyclic) bond motifs is 3. The van der Waals surface area contributed by atoms with Gasteiger partial charge in [0.1, 0.15) is 23.5 Å². The predicted octanol–water partition coefficient (Wildman–Crippen LogP) is -1.47. The summed E-state index contributed by atoms with van der Waals surface area (Å²) in [6, 6.07) is 7.92. The lowest BCUT2D eigenvalue weighted by Crippen LogP contribution is -3.00. The van der Waals surface area contributed by atoms with Gasteiger partial charge in [-0.1, -0.05) is 12.1 Å². The number of furan rings is 1. The average Bonchev–Trinajstić information content (AvgIpc) is 2.78. The van der Waals surface area contributed by atoms with Crippen molar-refractivity contribution in [3.63, 3.8) is 0 Å². The van der Waals surface area contributed by atoms with Crippen LogP contribution in [-0.2, 0) is 4.74 Å². The van der Waals surface area contributed by atoms with E-state index in [1.54, 1.807) is 7.11 Å². The molecule has 0 saturated carbocycles. The molecule has 2 N–H and O–H groups in total. The van der Waals surface area contributed by atoms with Gasteiger partial charge in [-0.2, -0.15) is 4.98 Å². The van der Waals surface area contributed by atoms with Gasteiger partial charge in [0.2, 0.25) is 5.58 Å². The van der Waals surface area contributed by atoms with Crippen molar-refractivity contribution in [3.05, 3.63) is 30.1 Å². The molecule has 5 nitrogen and oxygen atoms in total. The SMILES string of the molecule is COCC[NH2+]c1nc(C)nc2c1oc1ccccc12.[Cl-]. The summed E-state index contributed by atoms with van der Waals surface area (Å²) in [7, 11) is 1.69. The third kappa shape index (κ3) is 2.60. The van der Waals surface area contributed by atoms with Crippen LogP contribution < -0.4 is 17.7 Å². The van der Waals surface area contributed by atoms with E-state index in [0.717, 1.165) is 40.3 Å². The third-order valence-corrected chi connectivity index (χ3v) is 3.02. The number of para-hydroxylation sites is 1. The molecule has 6 heteroatoms. The maximum absolute atomic E-state index is 5.87. The second-order valence-electron chi connectivity index (χ2n) is 4.42. The van der Waals surface area contributed by atoms with E-state index in [4.69, 9.17) is 9.15 Å². The standard InChI is InChI=1S/C14H15N3O2.ClH/c1-9-16-12-10-5-3-4-6-11(10)19-13(12)14(17-9)15-7-8-18-2;/h3-6H,7-8H2,1-2H3,(H,15,16,17);1H. The molecule has 106 valence electrons. The minimum atomic E-state index is 0. The van der Waals surface area contributed by atoms with Crippen LogP contribution in [0.4, 0.5) is 5.82 Å². The molecule has 0 fully saturated rings. The van der Waals surface area contributed by atoms with Crippen molar-refractivity contribution in [2.45, 2.75) is 6.92 Å². The zero-order valence-corrected chi connectivity index (χ0v) is 12.1.